The molecule has 0 aliphatic rings. The molecule has 0 spiro atoms. The lowest BCUT2D eigenvalue weighted by atomic mass is 10.1. The Kier molecular flexibility index (Phi) is 6.37. The molecule has 0 unspecified atom stereocenters. The summed E-state index contributed by atoms with van der Waals surface area (Å²) in [5, 5.41) is 8.18. The van der Waals surface area contributed by atoms with Crippen molar-refractivity contribution < 1.29 is 14.4 Å². The minimum Gasteiger partial charge on any atom is -0.359 e. The fourth-order valence-corrected chi connectivity index (χ4v) is 2.68. The summed E-state index contributed by atoms with van der Waals surface area (Å²) in [7, 11) is 1.59. The van der Waals surface area contributed by atoms with Gasteiger partial charge in [-0.3, -0.25) is 14.4 Å². The van der Waals surface area contributed by atoms with Crippen LogP contribution in [0.5, 0.6) is 0 Å². The van der Waals surface area contributed by atoms with E-state index in [2.05, 4.69) is 16.0 Å². The Balaban J connectivity index is 1.59. The molecule has 3 rings (SSSR count). The summed E-state index contributed by atoms with van der Waals surface area (Å²) in [5.74, 6) is -0.536. The van der Waals surface area contributed by atoms with Crippen LogP contribution >= 0.6 is 0 Å². The molecule has 3 aromatic rings. The zero-order valence-electron chi connectivity index (χ0n) is 15.9. The molecule has 0 aromatic heterocycles. The van der Waals surface area contributed by atoms with E-state index in [0.717, 1.165) is 5.56 Å². The van der Waals surface area contributed by atoms with Crippen LogP contribution in [0.4, 0.5) is 11.4 Å². The first kappa shape index (κ1) is 19.8. The Morgan fingerprint density at radius 2 is 1.14 bits per heavy atom. The van der Waals surface area contributed by atoms with Crippen LogP contribution in [0.25, 0.3) is 0 Å². The molecule has 29 heavy (non-hydrogen) atoms. The molecule has 3 N–H and O–H groups in total. The molecule has 0 heterocycles. The van der Waals surface area contributed by atoms with E-state index >= 15 is 0 Å². The smallest absolute Gasteiger partial charge is 0.255 e. The van der Waals surface area contributed by atoms with Gasteiger partial charge in [0.05, 0.1) is 6.42 Å². The number of hydrogen-bond donors (Lipinski definition) is 3. The summed E-state index contributed by atoms with van der Waals surface area (Å²) in [4.78, 5) is 36.0. The lowest BCUT2D eigenvalue weighted by molar-refractivity contribution is -0.119. The highest BCUT2D eigenvalue weighted by atomic mass is 16.2. The van der Waals surface area contributed by atoms with Gasteiger partial charge < -0.3 is 16.0 Å². The van der Waals surface area contributed by atoms with E-state index in [1.165, 1.54) is 0 Å². The average Bonchev–Trinajstić information content (AvgIpc) is 2.76. The third kappa shape index (κ3) is 5.52. The van der Waals surface area contributed by atoms with Crippen molar-refractivity contribution in [1.29, 1.82) is 0 Å². The molecule has 0 aliphatic carbocycles. The molecule has 0 aliphatic heterocycles. The number of carbonyl (C=O) groups excluding carboxylic acids is 3. The molecule has 0 saturated carbocycles. The Morgan fingerprint density at radius 1 is 0.655 bits per heavy atom. The minimum atomic E-state index is -0.259. The highest BCUT2D eigenvalue weighted by Crippen LogP contribution is 2.15. The molecule has 0 bridgehead atoms. The summed E-state index contributed by atoms with van der Waals surface area (Å²) in [6.07, 6.45) is 0.293. The first-order valence-electron chi connectivity index (χ1n) is 9.12. The van der Waals surface area contributed by atoms with Crippen LogP contribution in [0.3, 0.4) is 0 Å². The van der Waals surface area contributed by atoms with Crippen molar-refractivity contribution >= 4 is 29.1 Å². The fraction of sp³-hybridized carbons (Fsp3) is 0.0870. The predicted molar refractivity (Wildman–Crippen MR) is 113 cm³/mol. The fourth-order valence-electron chi connectivity index (χ4n) is 2.68. The number of amides is 3. The number of carbonyl (C=O) groups is 3. The van der Waals surface area contributed by atoms with Crippen LogP contribution in [0.2, 0.25) is 0 Å². The van der Waals surface area contributed by atoms with Crippen molar-refractivity contribution in [2.75, 3.05) is 17.7 Å². The van der Waals surface area contributed by atoms with E-state index < -0.39 is 0 Å². The highest BCUT2D eigenvalue weighted by molar-refractivity contribution is 6.06. The van der Waals surface area contributed by atoms with E-state index in [-0.39, 0.29) is 17.7 Å². The second-order valence-electron chi connectivity index (χ2n) is 6.40. The van der Waals surface area contributed by atoms with Gasteiger partial charge in [-0.05, 0) is 54.1 Å². The van der Waals surface area contributed by atoms with Crippen LogP contribution in [-0.4, -0.2) is 24.8 Å². The van der Waals surface area contributed by atoms with Crippen LogP contribution < -0.4 is 16.0 Å². The number of likely N-dealkylation sites (N-methyl/N-ethyl adjacent to an activating group) is 1. The van der Waals surface area contributed by atoms with Crippen LogP contribution in [0.15, 0.2) is 78.9 Å². The van der Waals surface area contributed by atoms with Crippen molar-refractivity contribution in [2.45, 2.75) is 6.42 Å². The van der Waals surface area contributed by atoms with E-state index in [4.69, 9.17) is 0 Å². The van der Waals surface area contributed by atoms with E-state index in [0.29, 0.717) is 28.9 Å². The summed E-state index contributed by atoms with van der Waals surface area (Å²) in [5.41, 5.74) is 3.14. The van der Waals surface area contributed by atoms with Gasteiger partial charge in [0.2, 0.25) is 5.91 Å². The topological polar surface area (TPSA) is 87.3 Å². The molecule has 6 nitrogen and oxygen atoms in total. The molecule has 3 amide bonds. The Hall–Kier alpha value is -3.93. The molecule has 0 saturated heterocycles. The first-order chi connectivity index (χ1) is 14.0. The lowest BCUT2D eigenvalue weighted by Crippen LogP contribution is -2.19. The van der Waals surface area contributed by atoms with E-state index in [1.807, 2.05) is 6.07 Å². The normalized spacial score (nSPS) is 10.1. The number of anilines is 2. The Labute approximate surface area is 169 Å². The molecule has 3 aromatic carbocycles. The second-order valence-corrected chi connectivity index (χ2v) is 6.40. The number of hydrogen-bond acceptors (Lipinski definition) is 3. The zero-order chi connectivity index (χ0) is 20.6. The quantitative estimate of drug-likeness (QED) is 0.605. The first-order valence-corrected chi connectivity index (χ1v) is 9.12. The summed E-state index contributed by atoms with van der Waals surface area (Å²) in [6, 6.07) is 22.7. The maximum Gasteiger partial charge on any atom is 0.255 e. The third-order valence-electron chi connectivity index (χ3n) is 4.30. The van der Waals surface area contributed by atoms with Crippen molar-refractivity contribution in [1.82, 2.24) is 5.32 Å². The molecule has 0 atom stereocenters. The molecule has 0 radical (unpaired) electrons. The molecular weight excluding hydrogens is 366 g/mol. The molecule has 146 valence electrons. The number of benzene rings is 3. The highest BCUT2D eigenvalue weighted by Gasteiger charge is 2.09. The van der Waals surface area contributed by atoms with Gasteiger partial charge in [0, 0.05) is 29.5 Å². The molecule has 0 fully saturated rings. The average molecular weight is 387 g/mol. The van der Waals surface area contributed by atoms with Gasteiger partial charge in [0.1, 0.15) is 0 Å². The van der Waals surface area contributed by atoms with Gasteiger partial charge in [-0.25, -0.2) is 0 Å². The molecular formula is C23H21N3O3. The standard InChI is InChI=1S/C23H21N3O3/c1-24-21(27)15-16-7-11-19(12-8-16)25-23(29)18-9-13-20(14-10-18)26-22(28)17-5-3-2-4-6-17/h2-14H,15H2,1H3,(H,24,27)(H,25,29)(H,26,28). The minimum absolute atomic E-state index is 0.0683. The lowest BCUT2D eigenvalue weighted by Gasteiger charge is -2.08. The van der Waals surface area contributed by atoms with Crippen molar-refractivity contribution in [3.8, 4) is 0 Å². The van der Waals surface area contributed by atoms with Gasteiger partial charge in [0.25, 0.3) is 11.8 Å². The largest absolute Gasteiger partial charge is 0.359 e. The van der Waals surface area contributed by atoms with Gasteiger partial charge in [-0.2, -0.15) is 0 Å². The maximum absolute atomic E-state index is 12.4. The number of rotatable bonds is 6. The van der Waals surface area contributed by atoms with Crippen molar-refractivity contribution in [2.24, 2.45) is 0 Å². The Morgan fingerprint density at radius 3 is 1.66 bits per heavy atom. The van der Waals surface area contributed by atoms with Gasteiger partial charge in [-0.15, -0.1) is 0 Å². The van der Waals surface area contributed by atoms with Crippen LogP contribution in [-0.2, 0) is 11.2 Å². The van der Waals surface area contributed by atoms with Crippen LogP contribution in [0.1, 0.15) is 26.3 Å². The van der Waals surface area contributed by atoms with Gasteiger partial charge >= 0.3 is 0 Å². The van der Waals surface area contributed by atoms with Crippen molar-refractivity contribution in [3.63, 3.8) is 0 Å². The summed E-state index contributed by atoms with van der Waals surface area (Å²) < 4.78 is 0. The van der Waals surface area contributed by atoms with Crippen LogP contribution in [0, 0.1) is 0 Å². The van der Waals surface area contributed by atoms with Gasteiger partial charge in [-0.1, -0.05) is 30.3 Å². The Bertz CT molecular complexity index is 998. The van der Waals surface area contributed by atoms with E-state index in [9.17, 15) is 14.4 Å². The second kappa shape index (κ2) is 9.32. The van der Waals surface area contributed by atoms with Gasteiger partial charge in [0.15, 0.2) is 0 Å². The predicted octanol–water partition coefficient (Wildman–Crippen LogP) is 3.48. The van der Waals surface area contributed by atoms with E-state index in [1.54, 1.807) is 79.8 Å². The third-order valence-corrected chi connectivity index (χ3v) is 4.30. The molecule has 6 heteroatoms. The summed E-state index contributed by atoms with van der Waals surface area (Å²) >= 11 is 0. The monoisotopic (exact) mass is 387 g/mol. The summed E-state index contributed by atoms with van der Waals surface area (Å²) in [6.45, 7) is 0. The SMILES string of the molecule is CNC(=O)Cc1ccc(NC(=O)c2ccc(NC(=O)c3ccccc3)cc2)cc1. The number of nitrogens with one attached hydrogen (secondary N) is 3. The van der Waals surface area contributed by atoms with Crippen molar-refractivity contribution in [3.05, 3.63) is 95.6 Å². The maximum atomic E-state index is 12.4. The zero-order valence-corrected chi connectivity index (χ0v) is 15.9.